The summed E-state index contributed by atoms with van der Waals surface area (Å²) >= 11 is 11.4. The molecule has 1 aromatic carbocycles. The van der Waals surface area contributed by atoms with Crippen molar-refractivity contribution >= 4 is 35.2 Å². The average molecular weight is 271 g/mol. The molecule has 4 nitrogen and oxygen atoms in total. The highest BCUT2D eigenvalue weighted by molar-refractivity contribution is 6.37. The van der Waals surface area contributed by atoms with Crippen LogP contribution in [0.15, 0.2) is 17.8 Å². The molecule has 0 spiro atoms. The summed E-state index contributed by atoms with van der Waals surface area (Å²) in [5.74, 6) is -0.727. The Morgan fingerprint density at radius 1 is 1.47 bits per heavy atom. The SMILES string of the molecule is [C-]#[N+]/C(=C/c1cc(Cl)c(O)c(Cl)c1)C(=O)NC. The number of carbonyl (C=O) groups excluding carboxylic acids is 1. The standard InChI is InChI=1S/C11H8Cl2N2O2/c1-14-9(11(17)15-2)5-6-3-7(12)10(16)8(13)4-6/h3-5,16H,2H3,(H,15,17)/b9-5+. The van der Waals surface area contributed by atoms with Crippen LogP contribution >= 0.6 is 23.2 Å². The zero-order valence-electron chi connectivity index (χ0n) is 8.79. The molecule has 1 amide bonds. The number of nitrogens with zero attached hydrogens (tertiary/aromatic N) is 1. The zero-order chi connectivity index (χ0) is 13.0. The Balaban J connectivity index is 3.23. The number of likely N-dealkylation sites (N-methyl/N-ethyl adjacent to an activating group) is 1. The number of aromatic hydroxyl groups is 1. The number of carbonyl (C=O) groups is 1. The van der Waals surface area contributed by atoms with Crippen molar-refractivity contribution in [2.75, 3.05) is 7.05 Å². The minimum absolute atomic E-state index is 0.0602. The number of hydrogen-bond acceptors (Lipinski definition) is 2. The van der Waals surface area contributed by atoms with Gasteiger partial charge in [-0.15, -0.1) is 0 Å². The van der Waals surface area contributed by atoms with Gasteiger partial charge < -0.3 is 10.4 Å². The van der Waals surface area contributed by atoms with Crippen LogP contribution in [0, 0.1) is 6.57 Å². The van der Waals surface area contributed by atoms with Crippen molar-refractivity contribution in [2.45, 2.75) is 0 Å². The summed E-state index contributed by atoms with van der Waals surface area (Å²) in [5.41, 5.74) is 0.373. The van der Waals surface area contributed by atoms with Crippen LogP contribution in [0.1, 0.15) is 5.56 Å². The van der Waals surface area contributed by atoms with Gasteiger partial charge in [-0.1, -0.05) is 23.2 Å². The van der Waals surface area contributed by atoms with Crippen molar-refractivity contribution in [1.29, 1.82) is 0 Å². The highest BCUT2D eigenvalue weighted by atomic mass is 35.5. The van der Waals surface area contributed by atoms with Crippen molar-refractivity contribution < 1.29 is 9.90 Å². The lowest BCUT2D eigenvalue weighted by Gasteiger charge is -2.02. The summed E-state index contributed by atoms with van der Waals surface area (Å²) < 4.78 is 0. The van der Waals surface area contributed by atoms with Gasteiger partial charge in [0.05, 0.1) is 16.6 Å². The predicted octanol–water partition coefficient (Wildman–Crippen LogP) is 2.71. The lowest BCUT2D eigenvalue weighted by molar-refractivity contribution is -0.116. The summed E-state index contributed by atoms with van der Waals surface area (Å²) in [4.78, 5) is 14.4. The van der Waals surface area contributed by atoms with Gasteiger partial charge in [0.1, 0.15) is 0 Å². The van der Waals surface area contributed by atoms with Crippen molar-refractivity contribution in [2.24, 2.45) is 0 Å². The van der Waals surface area contributed by atoms with Gasteiger partial charge in [-0.25, -0.2) is 4.85 Å². The van der Waals surface area contributed by atoms with E-state index in [-0.39, 0.29) is 21.5 Å². The van der Waals surface area contributed by atoms with Crippen LogP contribution in [0.2, 0.25) is 10.0 Å². The molecule has 0 fully saturated rings. The molecule has 0 bridgehead atoms. The van der Waals surface area contributed by atoms with Crippen LogP contribution < -0.4 is 5.32 Å². The third-order valence-electron chi connectivity index (χ3n) is 1.92. The van der Waals surface area contributed by atoms with Crippen LogP contribution in [-0.4, -0.2) is 18.1 Å². The molecule has 0 aliphatic heterocycles. The van der Waals surface area contributed by atoms with Crippen molar-refractivity contribution in [3.8, 4) is 5.75 Å². The van der Waals surface area contributed by atoms with Gasteiger partial charge in [-0.2, -0.15) is 0 Å². The van der Waals surface area contributed by atoms with Gasteiger partial charge in [0.15, 0.2) is 5.75 Å². The van der Waals surface area contributed by atoms with Crippen molar-refractivity contribution in [1.82, 2.24) is 5.32 Å². The second kappa shape index (κ2) is 5.58. The Hall–Kier alpha value is -1.70. The molecule has 0 aliphatic rings. The Labute approximate surface area is 108 Å². The number of amides is 1. The Kier molecular flexibility index (Phi) is 4.38. The molecular weight excluding hydrogens is 263 g/mol. The minimum Gasteiger partial charge on any atom is -0.505 e. The normalized spacial score (nSPS) is 10.8. The molecule has 0 aliphatic carbocycles. The maximum atomic E-state index is 11.3. The molecule has 88 valence electrons. The molecule has 1 aromatic rings. The Bertz CT molecular complexity index is 510. The second-order valence-corrected chi connectivity index (χ2v) is 3.87. The van der Waals surface area contributed by atoms with E-state index in [0.717, 1.165) is 0 Å². The van der Waals surface area contributed by atoms with E-state index in [0.29, 0.717) is 5.56 Å². The fourth-order valence-corrected chi connectivity index (χ4v) is 1.61. The van der Waals surface area contributed by atoms with E-state index >= 15 is 0 Å². The fourth-order valence-electron chi connectivity index (χ4n) is 1.10. The molecule has 0 atom stereocenters. The molecule has 17 heavy (non-hydrogen) atoms. The summed E-state index contributed by atoms with van der Waals surface area (Å²) in [5, 5.41) is 11.8. The van der Waals surface area contributed by atoms with Gasteiger partial charge in [0.25, 0.3) is 5.70 Å². The Morgan fingerprint density at radius 3 is 2.41 bits per heavy atom. The lowest BCUT2D eigenvalue weighted by atomic mass is 10.2. The Morgan fingerprint density at radius 2 is 2.00 bits per heavy atom. The van der Waals surface area contributed by atoms with E-state index in [1.165, 1.54) is 25.3 Å². The minimum atomic E-state index is -0.500. The van der Waals surface area contributed by atoms with E-state index in [1.807, 2.05) is 0 Å². The number of hydrogen-bond donors (Lipinski definition) is 2. The monoisotopic (exact) mass is 270 g/mol. The summed E-state index contributed by atoms with van der Waals surface area (Å²) in [6.45, 7) is 6.87. The smallest absolute Gasteiger partial charge is 0.250 e. The maximum Gasteiger partial charge on any atom is 0.250 e. The molecule has 0 saturated carbocycles. The first-order valence-electron chi connectivity index (χ1n) is 4.48. The molecule has 0 unspecified atom stereocenters. The van der Waals surface area contributed by atoms with Gasteiger partial charge in [-0.05, 0) is 23.8 Å². The number of rotatable bonds is 2. The average Bonchev–Trinajstić information content (AvgIpc) is 2.31. The summed E-state index contributed by atoms with van der Waals surface area (Å²) in [6.07, 6.45) is 1.34. The van der Waals surface area contributed by atoms with E-state index < -0.39 is 5.91 Å². The maximum absolute atomic E-state index is 11.3. The highest BCUT2D eigenvalue weighted by Gasteiger charge is 2.09. The van der Waals surface area contributed by atoms with Crippen LogP contribution in [0.3, 0.4) is 0 Å². The lowest BCUT2D eigenvalue weighted by Crippen LogP contribution is -2.18. The van der Waals surface area contributed by atoms with E-state index in [2.05, 4.69) is 10.2 Å². The molecule has 2 N–H and O–H groups in total. The number of halogens is 2. The van der Waals surface area contributed by atoms with E-state index in [9.17, 15) is 9.90 Å². The van der Waals surface area contributed by atoms with Crippen LogP contribution in [0.25, 0.3) is 10.9 Å². The first-order chi connectivity index (χ1) is 7.99. The molecule has 0 aromatic heterocycles. The molecule has 1 rings (SSSR count). The van der Waals surface area contributed by atoms with Gasteiger partial charge in [-0.3, -0.25) is 4.79 Å². The second-order valence-electron chi connectivity index (χ2n) is 3.05. The predicted molar refractivity (Wildman–Crippen MR) is 66.8 cm³/mol. The van der Waals surface area contributed by atoms with Crippen LogP contribution in [0.5, 0.6) is 5.75 Å². The first-order valence-corrected chi connectivity index (χ1v) is 5.24. The number of nitrogens with one attached hydrogen (secondary N) is 1. The molecule has 0 radical (unpaired) electrons. The summed E-state index contributed by atoms with van der Waals surface area (Å²) in [7, 11) is 1.43. The number of phenolic OH excluding ortho intramolecular Hbond substituents is 1. The molecule has 0 heterocycles. The van der Waals surface area contributed by atoms with Crippen molar-refractivity contribution in [3.63, 3.8) is 0 Å². The van der Waals surface area contributed by atoms with Gasteiger partial charge in [0, 0.05) is 7.05 Å². The van der Waals surface area contributed by atoms with Crippen LogP contribution in [-0.2, 0) is 4.79 Å². The van der Waals surface area contributed by atoms with Crippen LogP contribution in [0.4, 0.5) is 0 Å². The molecule has 0 saturated heterocycles. The fraction of sp³-hybridized carbons (Fsp3) is 0.0909. The molecule has 6 heteroatoms. The number of benzene rings is 1. The summed E-state index contributed by atoms with van der Waals surface area (Å²) in [6, 6.07) is 2.83. The quantitative estimate of drug-likeness (QED) is 0.641. The zero-order valence-corrected chi connectivity index (χ0v) is 10.3. The number of phenols is 1. The molecular formula is C11H8Cl2N2O2. The first kappa shape index (κ1) is 13.4. The third-order valence-corrected chi connectivity index (χ3v) is 2.50. The van der Waals surface area contributed by atoms with Gasteiger partial charge in [0.2, 0.25) is 5.91 Å². The topological polar surface area (TPSA) is 53.7 Å². The highest BCUT2D eigenvalue weighted by Crippen LogP contribution is 2.33. The van der Waals surface area contributed by atoms with Crippen molar-refractivity contribution in [3.05, 3.63) is 44.9 Å². The van der Waals surface area contributed by atoms with Gasteiger partial charge >= 0.3 is 0 Å². The largest absolute Gasteiger partial charge is 0.505 e. The third kappa shape index (κ3) is 3.13. The van der Waals surface area contributed by atoms with E-state index in [1.54, 1.807) is 0 Å². The van der Waals surface area contributed by atoms with E-state index in [4.69, 9.17) is 29.8 Å².